The van der Waals surface area contributed by atoms with Crippen molar-refractivity contribution in [2.75, 3.05) is 7.11 Å². The van der Waals surface area contributed by atoms with Gasteiger partial charge in [0.15, 0.2) is 11.5 Å². The number of rotatable bonds is 3. The highest BCUT2D eigenvalue weighted by Crippen LogP contribution is 2.27. The highest BCUT2D eigenvalue weighted by molar-refractivity contribution is 6.24. The molecule has 0 fully saturated rings. The Bertz CT molecular complexity index is 458. The van der Waals surface area contributed by atoms with Crippen molar-refractivity contribution in [3.63, 3.8) is 0 Å². The van der Waals surface area contributed by atoms with Gasteiger partial charge in [0.25, 0.3) is 0 Å². The molecule has 3 heteroatoms. The maximum Gasteiger partial charge on any atom is 0.224 e. The van der Waals surface area contributed by atoms with Gasteiger partial charge >= 0.3 is 0 Å². The lowest BCUT2D eigenvalue weighted by Gasteiger charge is -2.18. The minimum atomic E-state index is -0.223. The van der Waals surface area contributed by atoms with Gasteiger partial charge in [-0.05, 0) is 34.1 Å². The molecule has 0 aromatic carbocycles. The van der Waals surface area contributed by atoms with Gasteiger partial charge < -0.3 is 4.74 Å². The first-order valence-electron chi connectivity index (χ1n) is 5.36. The molecule has 17 heavy (non-hydrogen) atoms. The molecule has 3 nitrogen and oxygen atoms in total. The summed E-state index contributed by atoms with van der Waals surface area (Å²) in [4.78, 5) is 24.0. The van der Waals surface area contributed by atoms with Crippen molar-refractivity contribution >= 4 is 11.6 Å². The van der Waals surface area contributed by atoms with Crippen molar-refractivity contribution in [3.8, 4) is 0 Å². The molecule has 2 radical (unpaired) electrons. The van der Waals surface area contributed by atoms with E-state index in [-0.39, 0.29) is 17.3 Å². The second-order valence-electron chi connectivity index (χ2n) is 4.07. The highest BCUT2D eigenvalue weighted by atomic mass is 16.5. The molecule has 0 bridgehead atoms. The van der Waals surface area contributed by atoms with E-state index < -0.39 is 0 Å². The van der Waals surface area contributed by atoms with Gasteiger partial charge in [-0.25, -0.2) is 0 Å². The molecule has 0 N–H and O–H groups in total. The Hall–Kier alpha value is -1.64. The zero-order valence-corrected chi connectivity index (χ0v) is 10.6. The maximum atomic E-state index is 12.1. The lowest BCUT2D eigenvalue weighted by molar-refractivity contribution is -0.118. The van der Waals surface area contributed by atoms with Crippen molar-refractivity contribution in [2.24, 2.45) is 0 Å². The average molecular weight is 232 g/mol. The SMILES string of the molecule is [CH]/C(C)=C/CC1=C(C)C(=O)C(C)=C(OC)C1=O. The summed E-state index contributed by atoms with van der Waals surface area (Å²) in [6.45, 7) is 10.5. The first kappa shape index (κ1) is 13.4. The van der Waals surface area contributed by atoms with Gasteiger partial charge in [-0.3, -0.25) is 9.59 Å². The van der Waals surface area contributed by atoms with E-state index in [1.807, 2.05) is 0 Å². The van der Waals surface area contributed by atoms with Crippen LogP contribution in [-0.2, 0) is 14.3 Å². The fourth-order valence-electron chi connectivity index (χ4n) is 1.75. The topological polar surface area (TPSA) is 43.4 Å². The van der Waals surface area contributed by atoms with Crippen molar-refractivity contribution in [3.05, 3.63) is 41.1 Å². The largest absolute Gasteiger partial charge is 0.492 e. The first-order valence-corrected chi connectivity index (χ1v) is 5.36. The molecule has 1 aliphatic carbocycles. The van der Waals surface area contributed by atoms with Crippen LogP contribution in [-0.4, -0.2) is 18.7 Å². The van der Waals surface area contributed by atoms with Crippen LogP contribution in [0.15, 0.2) is 34.1 Å². The molecular weight excluding hydrogens is 216 g/mol. The molecule has 0 amide bonds. The van der Waals surface area contributed by atoms with Gasteiger partial charge in [-0.2, -0.15) is 0 Å². The molecule has 0 unspecified atom stereocenters. The summed E-state index contributed by atoms with van der Waals surface area (Å²) < 4.78 is 4.99. The van der Waals surface area contributed by atoms with Gasteiger partial charge in [-0.1, -0.05) is 11.6 Å². The Labute approximate surface area is 102 Å². The monoisotopic (exact) mass is 232 g/mol. The maximum absolute atomic E-state index is 12.1. The third-order valence-corrected chi connectivity index (χ3v) is 2.79. The molecule has 0 saturated carbocycles. The molecule has 0 aromatic heterocycles. The summed E-state index contributed by atoms with van der Waals surface area (Å²) in [5.74, 6) is -0.224. The van der Waals surface area contributed by atoms with Crippen molar-refractivity contribution in [1.82, 2.24) is 0 Å². The molecule has 0 heterocycles. The van der Waals surface area contributed by atoms with Gasteiger partial charge in [0, 0.05) is 16.7 Å². The van der Waals surface area contributed by atoms with Crippen molar-refractivity contribution < 1.29 is 14.3 Å². The second kappa shape index (κ2) is 5.13. The molecular formula is C14H16O3. The van der Waals surface area contributed by atoms with E-state index in [0.29, 0.717) is 28.7 Å². The van der Waals surface area contributed by atoms with E-state index in [9.17, 15) is 9.59 Å². The number of ether oxygens (including phenoxy) is 1. The normalized spacial score (nSPS) is 18.1. The summed E-state index contributed by atoms with van der Waals surface area (Å²) in [5, 5.41) is 0. The number of hydrogen-bond donors (Lipinski definition) is 0. The Morgan fingerprint density at radius 3 is 2.29 bits per heavy atom. The van der Waals surface area contributed by atoms with E-state index in [1.165, 1.54) is 7.11 Å². The van der Waals surface area contributed by atoms with E-state index in [4.69, 9.17) is 11.7 Å². The van der Waals surface area contributed by atoms with Crippen molar-refractivity contribution in [1.29, 1.82) is 0 Å². The first-order chi connectivity index (χ1) is 7.90. The molecule has 0 aliphatic heterocycles. The molecule has 0 spiro atoms. The third kappa shape index (κ3) is 2.54. The highest BCUT2D eigenvalue weighted by Gasteiger charge is 2.30. The Balaban J connectivity index is 3.18. The van der Waals surface area contributed by atoms with Crippen LogP contribution in [0, 0.1) is 6.92 Å². The minimum Gasteiger partial charge on any atom is -0.492 e. The fourth-order valence-corrected chi connectivity index (χ4v) is 1.75. The second-order valence-corrected chi connectivity index (χ2v) is 4.07. The van der Waals surface area contributed by atoms with Gasteiger partial charge in [-0.15, -0.1) is 0 Å². The Kier molecular flexibility index (Phi) is 4.05. The van der Waals surface area contributed by atoms with Crippen LogP contribution in [0.25, 0.3) is 0 Å². The number of Topliss-reactive ketones (excluding diaryl/α,β-unsaturated/α-hetero) is 2. The zero-order valence-electron chi connectivity index (χ0n) is 10.6. The molecule has 1 rings (SSSR count). The minimum absolute atomic E-state index is 0.138. The standard InChI is InChI=1S/C14H16O3/c1-8(2)6-7-11-9(3)12(15)10(4)14(17-5)13(11)16/h1,6H,7H2,2-5H3/b8-6-. The number of hydrogen-bond acceptors (Lipinski definition) is 3. The summed E-state index contributed by atoms with van der Waals surface area (Å²) in [5.41, 5.74) is 1.93. The third-order valence-electron chi connectivity index (χ3n) is 2.79. The molecule has 1 aliphatic rings. The predicted molar refractivity (Wildman–Crippen MR) is 65.1 cm³/mol. The summed E-state index contributed by atoms with van der Waals surface area (Å²) in [6.07, 6.45) is 2.08. The van der Waals surface area contributed by atoms with Crippen LogP contribution in [0.3, 0.4) is 0 Å². The molecule has 90 valence electrons. The quantitative estimate of drug-likeness (QED) is 0.702. The fraction of sp³-hybridized carbons (Fsp3) is 0.357. The van der Waals surface area contributed by atoms with Crippen LogP contribution >= 0.6 is 0 Å². The number of carbonyl (C=O) groups is 2. The molecule has 0 atom stereocenters. The number of methoxy groups -OCH3 is 1. The van der Waals surface area contributed by atoms with E-state index in [0.717, 1.165) is 0 Å². The molecule has 0 aromatic rings. The van der Waals surface area contributed by atoms with E-state index in [2.05, 4.69) is 0 Å². The van der Waals surface area contributed by atoms with Gasteiger partial charge in [0.1, 0.15) is 0 Å². The van der Waals surface area contributed by atoms with E-state index in [1.54, 1.807) is 26.8 Å². The van der Waals surface area contributed by atoms with Gasteiger partial charge in [0.2, 0.25) is 5.78 Å². The summed E-state index contributed by atoms with van der Waals surface area (Å²) in [6, 6.07) is 0. The van der Waals surface area contributed by atoms with Crippen LogP contribution in [0.5, 0.6) is 0 Å². The van der Waals surface area contributed by atoms with E-state index >= 15 is 0 Å². The summed E-state index contributed by atoms with van der Waals surface area (Å²) >= 11 is 0. The van der Waals surface area contributed by atoms with Gasteiger partial charge in [0.05, 0.1) is 7.11 Å². The summed E-state index contributed by atoms with van der Waals surface area (Å²) in [7, 11) is 1.40. The van der Waals surface area contributed by atoms with Crippen molar-refractivity contribution in [2.45, 2.75) is 27.2 Å². The predicted octanol–water partition coefficient (Wildman–Crippen LogP) is 2.42. The lowest BCUT2D eigenvalue weighted by atomic mass is 9.87. The Morgan fingerprint density at radius 2 is 1.82 bits per heavy atom. The van der Waals surface area contributed by atoms with Crippen LogP contribution in [0.4, 0.5) is 0 Å². The molecule has 0 saturated heterocycles. The lowest BCUT2D eigenvalue weighted by Crippen LogP contribution is -2.22. The van der Waals surface area contributed by atoms with Crippen LogP contribution in [0.1, 0.15) is 27.2 Å². The smallest absolute Gasteiger partial charge is 0.224 e. The number of carbonyl (C=O) groups excluding carboxylic acids is 2. The van der Waals surface area contributed by atoms with Crippen LogP contribution in [0.2, 0.25) is 0 Å². The average Bonchev–Trinajstić information content (AvgIpc) is 2.26. The number of ketones is 2. The van der Waals surface area contributed by atoms with Crippen LogP contribution < -0.4 is 0 Å². The zero-order chi connectivity index (χ0) is 13.2. The Morgan fingerprint density at radius 1 is 1.24 bits per heavy atom. The number of allylic oxidation sites excluding steroid dienone is 5.